The van der Waals surface area contributed by atoms with Gasteiger partial charge in [-0.05, 0) is 13.8 Å². The molecule has 6 nitrogen and oxygen atoms in total. The van der Waals surface area contributed by atoms with Crippen molar-refractivity contribution in [1.82, 2.24) is 9.97 Å². The molecule has 0 fully saturated rings. The van der Waals surface area contributed by atoms with Crippen molar-refractivity contribution in [3.05, 3.63) is 11.4 Å². The number of carbonyl (C=O) groups is 1. The summed E-state index contributed by atoms with van der Waals surface area (Å²) in [6.07, 6.45) is 0. The molecule has 0 bridgehead atoms. The Kier molecular flexibility index (Phi) is 2.85. The van der Waals surface area contributed by atoms with Crippen LogP contribution in [0.1, 0.15) is 11.4 Å². The van der Waals surface area contributed by atoms with Gasteiger partial charge < -0.3 is 15.6 Å². The van der Waals surface area contributed by atoms with E-state index in [-0.39, 0.29) is 6.01 Å². The fourth-order valence-corrected chi connectivity index (χ4v) is 0.885. The molecule has 1 aromatic rings. The molecule has 0 atom stereocenters. The van der Waals surface area contributed by atoms with E-state index >= 15 is 0 Å². The van der Waals surface area contributed by atoms with Gasteiger partial charge in [-0.15, -0.1) is 0 Å². The van der Waals surface area contributed by atoms with E-state index in [4.69, 9.17) is 15.6 Å². The molecule has 0 aliphatic carbocycles. The van der Waals surface area contributed by atoms with Crippen LogP contribution in [-0.2, 0) is 4.79 Å². The van der Waals surface area contributed by atoms with Crippen LogP contribution in [0.15, 0.2) is 0 Å². The molecule has 14 heavy (non-hydrogen) atoms. The zero-order valence-corrected chi connectivity index (χ0v) is 7.94. The first-order chi connectivity index (χ1) is 6.50. The molecule has 0 aliphatic rings. The molecule has 0 aromatic carbocycles. The second kappa shape index (κ2) is 3.91. The van der Waals surface area contributed by atoms with E-state index in [0.29, 0.717) is 17.1 Å². The van der Waals surface area contributed by atoms with E-state index in [1.54, 1.807) is 13.8 Å². The first-order valence-corrected chi connectivity index (χ1v) is 3.96. The number of nitrogen functional groups attached to an aromatic ring is 1. The summed E-state index contributed by atoms with van der Waals surface area (Å²) in [6.45, 7) is 2.96. The SMILES string of the molecule is Cc1nc(OCC(=O)O)nc(C)c1N. The molecule has 0 spiro atoms. The fraction of sp³-hybridized carbons (Fsp3) is 0.375. The van der Waals surface area contributed by atoms with Crippen molar-refractivity contribution in [2.75, 3.05) is 12.3 Å². The number of aliphatic carboxylic acids is 1. The van der Waals surface area contributed by atoms with E-state index in [2.05, 4.69) is 9.97 Å². The molecule has 1 aromatic heterocycles. The van der Waals surface area contributed by atoms with Gasteiger partial charge in [0.15, 0.2) is 6.61 Å². The van der Waals surface area contributed by atoms with Crippen LogP contribution in [-0.4, -0.2) is 27.7 Å². The Morgan fingerprint density at radius 3 is 2.36 bits per heavy atom. The van der Waals surface area contributed by atoms with Gasteiger partial charge in [0.1, 0.15) is 0 Å². The standard InChI is InChI=1S/C8H11N3O3/c1-4-7(9)5(2)11-8(10-4)14-3-6(12)13/h3,9H2,1-2H3,(H,12,13). The summed E-state index contributed by atoms with van der Waals surface area (Å²) in [5, 5.41) is 8.36. The number of carboxylic acids is 1. The number of aryl methyl sites for hydroxylation is 2. The van der Waals surface area contributed by atoms with Crippen molar-refractivity contribution in [1.29, 1.82) is 0 Å². The van der Waals surface area contributed by atoms with Crippen molar-refractivity contribution >= 4 is 11.7 Å². The Hall–Kier alpha value is -1.85. The lowest BCUT2D eigenvalue weighted by atomic mass is 10.3. The first kappa shape index (κ1) is 10.2. The van der Waals surface area contributed by atoms with Gasteiger partial charge in [0.05, 0.1) is 17.1 Å². The minimum Gasteiger partial charge on any atom is -0.479 e. The average molecular weight is 197 g/mol. The number of nitrogens with zero attached hydrogens (tertiary/aromatic N) is 2. The second-order valence-electron chi connectivity index (χ2n) is 2.77. The number of aromatic nitrogens is 2. The third-order valence-corrected chi connectivity index (χ3v) is 1.63. The quantitative estimate of drug-likeness (QED) is 0.715. The summed E-state index contributed by atoms with van der Waals surface area (Å²) in [5.74, 6) is -1.07. The zero-order chi connectivity index (χ0) is 10.7. The highest BCUT2D eigenvalue weighted by Gasteiger charge is 2.07. The van der Waals surface area contributed by atoms with Crippen molar-refractivity contribution in [2.45, 2.75) is 13.8 Å². The highest BCUT2D eigenvalue weighted by atomic mass is 16.5. The highest BCUT2D eigenvalue weighted by molar-refractivity contribution is 5.68. The smallest absolute Gasteiger partial charge is 0.341 e. The molecule has 6 heteroatoms. The second-order valence-corrected chi connectivity index (χ2v) is 2.77. The third-order valence-electron chi connectivity index (χ3n) is 1.63. The van der Waals surface area contributed by atoms with Gasteiger partial charge in [-0.2, -0.15) is 9.97 Å². The van der Waals surface area contributed by atoms with E-state index in [9.17, 15) is 4.79 Å². The molecule has 3 N–H and O–H groups in total. The lowest BCUT2D eigenvalue weighted by molar-refractivity contribution is -0.139. The third kappa shape index (κ3) is 2.32. The number of carboxylic acid groups (broad SMARTS) is 1. The van der Waals surface area contributed by atoms with Gasteiger partial charge in [0.2, 0.25) is 0 Å². The minimum absolute atomic E-state index is 0.0385. The minimum atomic E-state index is -1.07. The summed E-state index contributed by atoms with van der Waals surface area (Å²) >= 11 is 0. The monoisotopic (exact) mass is 197 g/mol. The predicted molar refractivity (Wildman–Crippen MR) is 49.0 cm³/mol. The van der Waals surface area contributed by atoms with Crippen LogP contribution >= 0.6 is 0 Å². The Morgan fingerprint density at radius 1 is 1.43 bits per heavy atom. The number of ether oxygens (including phenoxy) is 1. The molecular formula is C8H11N3O3. The van der Waals surface area contributed by atoms with Crippen LogP contribution in [0.4, 0.5) is 5.69 Å². The molecule has 0 radical (unpaired) electrons. The Bertz CT molecular complexity index is 342. The molecule has 0 unspecified atom stereocenters. The molecular weight excluding hydrogens is 186 g/mol. The maximum Gasteiger partial charge on any atom is 0.341 e. The Morgan fingerprint density at radius 2 is 1.93 bits per heavy atom. The Labute approximate surface area is 80.7 Å². The molecule has 0 amide bonds. The molecule has 76 valence electrons. The van der Waals surface area contributed by atoms with Gasteiger partial charge >= 0.3 is 12.0 Å². The van der Waals surface area contributed by atoms with Crippen molar-refractivity contribution in [3.63, 3.8) is 0 Å². The summed E-state index contributed by atoms with van der Waals surface area (Å²) in [5.41, 5.74) is 7.27. The average Bonchev–Trinajstić information content (AvgIpc) is 2.10. The van der Waals surface area contributed by atoms with E-state index in [0.717, 1.165) is 0 Å². The normalized spacial score (nSPS) is 9.86. The molecule has 0 aliphatic heterocycles. The summed E-state index contributed by atoms with van der Waals surface area (Å²) in [7, 11) is 0. The summed E-state index contributed by atoms with van der Waals surface area (Å²) < 4.78 is 4.81. The fourth-order valence-electron chi connectivity index (χ4n) is 0.885. The van der Waals surface area contributed by atoms with Crippen LogP contribution in [0, 0.1) is 13.8 Å². The van der Waals surface area contributed by atoms with Gasteiger partial charge in [-0.25, -0.2) is 4.79 Å². The highest BCUT2D eigenvalue weighted by Crippen LogP contribution is 2.15. The number of anilines is 1. The van der Waals surface area contributed by atoms with Gasteiger partial charge in [-0.1, -0.05) is 0 Å². The van der Waals surface area contributed by atoms with E-state index in [1.807, 2.05) is 0 Å². The van der Waals surface area contributed by atoms with Crippen LogP contribution in [0.3, 0.4) is 0 Å². The van der Waals surface area contributed by atoms with Crippen LogP contribution in [0.2, 0.25) is 0 Å². The maximum absolute atomic E-state index is 10.2. The lowest BCUT2D eigenvalue weighted by Gasteiger charge is -2.06. The predicted octanol–water partition coefficient (Wildman–Crippen LogP) is 0.139. The van der Waals surface area contributed by atoms with Crippen LogP contribution in [0.5, 0.6) is 6.01 Å². The number of hydrogen-bond donors (Lipinski definition) is 2. The first-order valence-electron chi connectivity index (χ1n) is 3.96. The summed E-state index contributed by atoms with van der Waals surface area (Å²) in [6, 6.07) is 0.0385. The molecule has 1 rings (SSSR count). The number of nitrogens with two attached hydrogens (primary N) is 1. The van der Waals surface area contributed by atoms with Crippen molar-refractivity contribution < 1.29 is 14.6 Å². The molecule has 0 saturated heterocycles. The largest absolute Gasteiger partial charge is 0.479 e. The zero-order valence-electron chi connectivity index (χ0n) is 7.94. The molecule has 0 saturated carbocycles. The van der Waals surface area contributed by atoms with E-state index in [1.165, 1.54) is 0 Å². The lowest BCUT2D eigenvalue weighted by Crippen LogP contribution is -2.12. The number of rotatable bonds is 3. The van der Waals surface area contributed by atoms with Gasteiger partial charge in [0.25, 0.3) is 0 Å². The van der Waals surface area contributed by atoms with Crippen molar-refractivity contribution in [2.24, 2.45) is 0 Å². The summed E-state index contributed by atoms with van der Waals surface area (Å²) in [4.78, 5) is 18.0. The Balaban J connectivity index is 2.84. The van der Waals surface area contributed by atoms with Crippen LogP contribution < -0.4 is 10.5 Å². The maximum atomic E-state index is 10.2. The molecule has 1 heterocycles. The van der Waals surface area contributed by atoms with Gasteiger partial charge in [-0.3, -0.25) is 0 Å². The topological polar surface area (TPSA) is 98.3 Å². The number of hydrogen-bond acceptors (Lipinski definition) is 5. The van der Waals surface area contributed by atoms with E-state index < -0.39 is 12.6 Å². The van der Waals surface area contributed by atoms with Crippen molar-refractivity contribution in [3.8, 4) is 6.01 Å². The van der Waals surface area contributed by atoms with Gasteiger partial charge in [0, 0.05) is 0 Å². The van der Waals surface area contributed by atoms with Crippen LogP contribution in [0.25, 0.3) is 0 Å².